The van der Waals surface area contributed by atoms with Crippen molar-refractivity contribution in [2.45, 2.75) is 27.7 Å². The number of hydrogen-bond acceptors (Lipinski definition) is 5. The largest absolute Gasteiger partial charge is 0.506 e. The van der Waals surface area contributed by atoms with Gasteiger partial charge in [0, 0.05) is 11.3 Å². The van der Waals surface area contributed by atoms with Gasteiger partial charge in [0.1, 0.15) is 5.75 Å². The zero-order valence-corrected chi connectivity index (χ0v) is 17.5. The zero-order valence-electron chi connectivity index (χ0n) is 15.9. The lowest BCUT2D eigenvalue weighted by Crippen LogP contribution is -2.13. The predicted octanol–water partition coefficient (Wildman–Crippen LogP) is 4.91. The Kier molecular flexibility index (Phi) is 7.36. The maximum atomic E-state index is 12.8. The molecule has 0 saturated heterocycles. The van der Waals surface area contributed by atoms with E-state index in [1.54, 1.807) is 31.2 Å². The first kappa shape index (κ1) is 20.9. The summed E-state index contributed by atoms with van der Waals surface area (Å²) in [7, 11) is 0. The molecule has 1 amide bonds. The Bertz CT molecular complexity index is 772. The maximum absolute atomic E-state index is 12.8. The maximum Gasteiger partial charge on any atom is 0.255 e. The Balaban J connectivity index is 2.39. The smallest absolute Gasteiger partial charge is 0.255 e. The summed E-state index contributed by atoms with van der Waals surface area (Å²) in [6, 6.07) is 6.60. The van der Waals surface area contributed by atoms with Crippen LogP contribution >= 0.6 is 15.9 Å². The van der Waals surface area contributed by atoms with Gasteiger partial charge in [0.05, 0.1) is 24.3 Å². The van der Waals surface area contributed by atoms with Gasteiger partial charge in [-0.25, -0.2) is 0 Å². The van der Waals surface area contributed by atoms with Crippen molar-refractivity contribution in [2.24, 2.45) is 0 Å². The number of carbonyl (C=O) groups excluding carboxylic acids is 1. The van der Waals surface area contributed by atoms with E-state index in [0.29, 0.717) is 58.4 Å². The first-order valence-corrected chi connectivity index (χ1v) is 9.57. The fourth-order valence-electron chi connectivity index (χ4n) is 2.53. The first-order chi connectivity index (χ1) is 12.9. The molecule has 0 bridgehead atoms. The number of carbonyl (C=O) groups is 1. The third-order valence-corrected chi connectivity index (χ3v) is 4.29. The number of nitrogens with one attached hydrogen (secondary N) is 1. The fraction of sp³-hybridized carbons (Fsp3) is 0.350. The van der Waals surface area contributed by atoms with Crippen LogP contribution in [0.25, 0.3) is 0 Å². The quantitative estimate of drug-likeness (QED) is 0.573. The van der Waals surface area contributed by atoms with Crippen LogP contribution in [0.3, 0.4) is 0 Å². The molecule has 27 heavy (non-hydrogen) atoms. The summed E-state index contributed by atoms with van der Waals surface area (Å²) in [5.74, 6) is 1.22. The van der Waals surface area contributed by atoms with Crippen LogP contribution in [0, 0.1) is 6.92 Å². The van der Waals surface area contributed by atoms with Crippen LogP contribution in [0.4, 0.5) is 5.69 Å². The molecule has 0 aliphatic carbocycles. The van der Waals surface area contributed by atoms with Gasteiger partial charge < -0.3 is 24.6 Å². The van der Waals surface area contributed by atoms with Gasteiger partial charge in [0.15, 0.2) is 11.5 Å². The molecule has 6 nitrogen and oxygen atoms in total. The average molecular weight is 438 g/mol. The molecule has 146 valence electrons. The Morgan fingerprint density at radius 3 is 2.04 bits per heavy atom. The van der Waals surface area contributed by atoms with Gasteiger partial charge in [-0.15, -0.1) is 0 Å². The molecule has 0 atom stereocenters. The zero-order chi connectivity index (χ0) is 20.0. The van der Waals surface area contributed by atoms with Crippen LogP contribution < -0.4 is 19.5 Å². The minimum absolute atomic E-state index is 0.145. The molecule has 0 spiro atoms. The fourth-order valence-corrected chi connectivity index (χ4v) is 3.09. The van der Waals surface area contributed by atoms with Gasteiger partial charge in [-0.05, 0) is 73.5 Å². The number of aryl methyl sites for hydroxylation is 1. The van der Waals surface area contributed by atoms with Crippen LogP contribution in [0.1, 0.15) is 36.7 Å². The van der Waals surface area contributed by atoms with E-state index < -0.39 is 0 Å². The highest BCUT2D eigenvalue weighted by Gasteiger charge is 2.19. The van der Waals surface area contributed by atoms with E-state index in [1.807, 2.05) is 20.8 Å². The molecule has 2 aromatic rings. The number of rotatable bonds is 8. The number of halogens is 1. The molecule has 0 aromatic heterocycles. The van der Waals surface area contributed by atoms with E-state index in [-0.39, 0.29) is 11.7 Å². The third-order valence-electron chi connectivity index (χ3n) is 3.68. The Morgan fingerprint density at radius 2 is 1.56 bits per heavy atom. The molecule has 0 aliphatic rings. The number of hydrogen-bond donors (Lipinski definition) is 2. The van der Waals surface area contributed by atoms with Gasteiger partial charge >= 0.3 is 0 Å². The van der Waals surface area contributed by atoms with Crippen LogP contribution in [-0.2, 0) is 0 Å². The summed E-state index contributed by atoms with van der Waals surface area (Å²) in [5.41, 5.74) is 1.59. The average Bonchev–Trinajstić information content (AvgIpc) is 2.62. The third kappa shape index (κ3) is 5.07. The van der Waals surface area contributed by atoms with Crippen LogP contribution in [0.15, 0.2) is 28.7 Å². The number of phenolic OH excluding ortho intramolecular Hbond substituents is 1. The molecule has 0 saturated carbocycles. The number of ether oxygens (including phenoxy) is 3. The summed E-state index contributed by atoms with van der Waals surface area (Å²) in [4.78, 5) is 12.8. The van der Waals surface area contributed by atoms with Crippen LogP contribution in [0.5, 0.6) is 23.0 Å². The van der Waals surface area contributed by atoms with Crippen molar-refractivity contribution in [3.8, 4) is 23.0 Å². The molecular weight excluding hydrogens is 414 g/mol. The van der Waals surface area contributed by atoms with Crippen LogP contribution in [-0.4, -0.2) is 30.8 Å². The number of amides is 1. The summed E-state index contributed by atoms with van der Waals surface area (Å²) < 4.78 is 17.5. The normalized spacial score (nSPS) is 10.4. The number of anilines is 1. The molecule has 0 radical (unpaired) electrons. The van der Waals surface area contributed by atoms with Crippen molar-refractivity contribution >= 4 is 27.5 Å². The lowest BCUT2D eigenvalue weighted by Gasteiger charge is -2.17. The molecule has 0 fully saturated rings. The second kappa shape index (κ2) is 9.50. The molecule has 0 aliphatic heterocycles. The first-order valence-electron chi connectivity index (χ1n) is 8.78. The number of benzene rings is 2. The van der Waals surface area contributed by atoms with E-state index in [0.717, 1.165) is 0 Å². The topological polar surface area (TPSA) is 77.0 Å². The minimum Gasteiger partial charge on any atom is -0.506 e. The second-order valence-corrected chi connectivity index (χ2v) is 6.53. The molecule has 0 heterocycles. The molecule has 7 heteroatoms. The SMILES string of the molecule is CCOc1cc(C(=O)Nc2cc(C)c(O)c(Br)c2)cc(OCC)c1OCC. The number of phenols is 1. The lowest BCUT2D eigenvalue weighted by atomic mass is 10.1. The molecule has 2 rings (SSSR count). The molecule has 2 N–H and O–H groups in total. The van der Waals surface area contributed by atoms with Gasteiger partial charge in [0.25, 0.3) is 5.91 Å². The van der Waals surface area contributed by atoms with Crippen LogP contribution in [0.2, 0.25) is 0 Å². The van der Waals surface area contributed by atoms with Gasteiger partial charge in [-0.2, -0.15) is 0 Å². The summed E-state index contributed by atoms with van der Waals surface area (Å²) in [5, 5.41) is 12.7. The van der Waals surface area contributed by atoms with Crippen molar-refractivity contribution in [1.82, 2.24) is 0 Å². The Hall–Kier alpha value is -2.41. The van der Waals surface area contributed by atoms with Crippen molar-refractivity contribution in [2.75, 3.05) is 25.1 Å². The summed E-state index contributed by atoms with van der Waals surface area (Å²) in [6.45, 7) is 8.66. The molecule has 0 unspecified atom stereocenters. The van der Waals surface area contributed by atoms with E-state index in [1.165, 1.54) is 0 Å². The standard InChI is InChI=1S/C20H24BrNO5/c1-5-25-16-9-13(10-17(26-6-2)19(16)27-7-3)20(24)22-14-8-12(4)18(23)15(21)11-14/h8-11,23H,5-7H2,1-4H3,(H,22,24). The minimum atomic E-state index is -0.322. The van der Waals surface area contributed by atoms with Crippen molar-refractivity contribution in [1.29, 1.82) is 0 Å². The monoisotopic (exact) mass is 437 g/mol. The molecule has 2 aromatic carbocycles. The number of aromatic hydroxyl groups is 1. The van der Waals surface area contributed by atoms with Gasteiger partial charge in [-0.3, -0.25) is 4.79 Å². The van der Waals surface area contributed by atoms with Crippen molar-refractivity contribution in [3.05, 3.63) is 39.9 Å². The molecular formula is C20H24BrNO5. The highest BCUT2D eigenvalue weighted by atomic mass is 79.9. The Morgan fingerprint density at radius 1 is 1.00 bits per heavy atom. The van der Waals surface area contributed by atoms with Gasteiger partial charge in [0.2, 0.25) is 5.75 Å². The van der Waals surface area contributed by atoms with E-state index in [4.69, 9.17) is 14.2 Å². The van der Waals surface area contributed by atoms with Crippen molar-refractivity contribution in [3.63, 3.8) is 0 Å². The lowest BCUT2D eigenvalue weighted by molar-refractivity contribution is 0.102. The van der Waals surface area contributed by atoms with E-state index in [2.05, 4.69) is 21.2 Å². The highest BCUT2D eigenvalue weighted by Crippen LogP contribution is 2.39. The van der Waals surface area contributed by atoms with Gasteiger partial charge in [-0.1, -0.05) is 0 Å². The Labute approximate surface area is 167 Å². The summed E-state index contributed by atoms with van der Waals surface area (Å²) in [6.07, 6.45) is 0. The predicted molar refractivity (Wildman–Crippen MR) is 108 cm³/mol. The van der Waals surface area contributed by atoms with E-state index in [9.17, 15) is 9.90 Å². The van der Waals surface area contributed by atoms with Crippen molar-refractivity contribution < 1.29 is 24.1 Å². The van der Waals surface area contributed by atoms with E-state index >= 15 is 0 Å². The second-order valence-electron chi connectivity index (χ2n) is 5.68. The highest BCUT2D eigenvalue weighted by molar-refractivity contribution is 9.10. The summed E-state index contributed by atoms with van der Waals surface area (Å²) >= 11 is 3.28.